The SMILES string of the molecule is Nc1n[nH]c2c(OCCN3CCCC3)ccc(-c3ccc(NC(=O)Nc4cccc(C(F)(F)F)c4)cc3)c12. The molecular formula is C27H27F3N6O2. The van der Waals surface area contributed by atoms with Crippen molar-refractivity contribution in [1.82, 2.24) is 15.1 Å². The third kappa shape index (κ3) is 5.67. The molecule has 38 heavy (non-hydrogen) atoms. The molecule has 3 aromatic carbocycles. The molecule has 4 aromatic rings. The first-order valence-electron chi connectivity index (χ1n) is 12.3. The summed E-state index contributed by atoms with van der Waals surface area (Å²) in [5, 5.41) is 12.9. The van der Waals surface area contributed by atoms with Gasteiger partial charge in [0.15, 0.2) is 5.82 Å². The van der Waals surface area contributed by atoms with Crippen LogP contribution >= 0.6 is 0 Å². The Hall–Kier alpha value is -4.25. The maximum atomic E-state index is 12.9. The molecule has 1 aromatic heterocycles. The third-order valence-electron chi connectivity index (χ3n) is 6.48. The minimum Gasteiger partial charge on any atom is -0.490 e. The van der Waals surface area contributed by atoms with Crippen molar-refractivity contribution in [1.29, 1.82) is 0 Å². The van der Waals surface area contributed by atoms with Crippen molar-refractivity contribution >= 4 is 34.1 Å². The number of anilines is 3. The first kappa shape index (κ1) is 25.4. The maximum Gasteiger partial charge on any atom is 0.416 e. The largest absolute Gasteiger partial charge is 0.490 e. The monoisotopic (exact) mass is 524 g/mol. The van der Waals surface area contributed by atoms with Crippen LogP contribution in [0.2, 0.25) is 0 Å². The summed E-state index contributed by atoms with van der Waals surface area (Å²) in [5.41, 5.74) is 8.24. The van der Waals surface area contributed by atoms with Crippen molar-refractivity contribution in [2.75, 3.05) is 42.6 Å². The van der Waals surface area contributed by atoms with E-state index in [0.717, 1.165) is 48.3 Å². The second kappa shape index (κ2) is 10.6. The lowest BCUT2D eigenvalue weighted by atomic mass is 10.0. The molecule has 11 heteroatoms. The molecule has 1 saturated heterocycles. The fourth-order valence-electron chi connectivity index (χ4n) is 4.58. The number of rotatable bonds is 7. The van der Waals surface area contributed by atoms with E-state index in [-0.39, 0.29) is 5.69 Å². The summed E-state index contributed by atoms with van der Waals surface area (Å²) >= 11 is 0. The molecule has 0 aliphatic carbocycles. The zero-order valence-corrected chi connectivity index (χ0v) is 20.4. The Labute approximate surface area is 217 Å². The number of benzene rings is 3. The first-order chi connectivity index (χ1) is 18.3. The topological polar surface area (TPSA) is 108 Å². The van der Waals surface area contributed by atoms with Gasteiger partial charge < -0.3 is 21.1 Å². The minimum absolute atomic E-state index is 0.0366. The number of urea groups is 1. The van der Waals surface area contributed by atoms with E-state index in [0.29, 0.717) is 29.4 Å². The van der Waals surface area contributed by atoms with Crippen LogP contribution in [0.4, 0.5) is 35.2 Å². The smallest absolute Gasteiger partial charge is 0.416 e. The third-order valence-corrected chi connectivity index (χ3v) is 6.48. The number of H-pyrrole nitrogens is 1. The number of nitrogens with two attached hydrogens (primary N) is 1. The van der Waals surface area contributed by atoms with Crippen LogP contribution in [0.5, 0.6) is 5.75 Å². The number of aromatic amines is 1. The number of ether oxygens (including phenoxy) is 1. The molecule has 1 fully saturated rings. The van der Waals surface area contributed by atoms with Gasteiger partial charge in [-0.2, -0.15) is 18.3 Å². The van der Waals surface area contributed by atoms with Crippen molar-refractivity contribution in [3.8, 4) is 16.9 Å². The number of fused-ring (bicyclic) bond motifs is 1. The number of nitrogens with zero attached hydrogens (tertiary/aromatic N) is 2. The highest BCUT2D eigenvalue weighted by Crippen LogP contribution is 2.37. The van der Waals surface area contributed by atoms with E-state index in [1.807, 2.05) is 24.3 Å². The van der Waals surface area contributed by atoms with E-state index >= 15 is 0 Å². The van der Waals surface area contributed by atoms with Gasteiger partial charge in [-0.1, -0.05) is 18.2 Å². The Balaban J connectivity index is 1.27. The van der Waals surface area contributed by atoms with Gasteiger partial charge in [0.2, 0.25) is 0 Å². The zero-order chi connectivity index (χ0) is 26.7. The highest BCUT2D eigenvalue weighted by molar-refractivity contribution is 6.04. The minimum atomic E-state index is -4.49. The summed E-state index contributed by atoms with van der Waals surface area (Å²) in [6, 6.07) is 14.6. The molecule has 2 amide bonds. The van der Waals surface area contributed by atoms with Crippen LogP contribution in [0, 0.1) is 0 Å². The van der Waals surface area contributed by atoms with E-state index in [4.69, 9.17) is 10.5 Å². The molecule has 5 N–H and O–H groups in total. The van der Waals surface area contributed by atoms with Gasteiger partial charge in [0.05, 0.1) is 10.9 Å². The van der Waals surface area contributed by atoms with Gasteiger partial charge in [-0.3, -0.25) is 10.00 Å². The molecule has 1 aliphatic heterocycles. The summed E-state index contributed by atoms with van der Waals surface area (Å²) in [6.45, 7) is 3.64. The van der Waals surface area contributed by atoms with Gasteiger partial charge in [0.25, 0.3) is 0 Å². The van der Waals surface area contributed by atoms with E-state index < -0.39 is 17.8 Å². The fourth-order valence-corrected chi connectivity index (χ4v) is 4.58. The quantitative estimate of drug-likeness (QED) is 0.239. The Kier molecular flexibility index (Phi) is 7.10. The zero-order valence-electron chi connectivity index (χ0n) is 20.4. The predicted octanol–water partition coefficient (Wildman–Crippen LogP) is 5.95. The van der Waals surface area contributed by atoms with E-state index in [9.17, 15) is 18.0 Å². The number of alkyl halides is 3. The molecule has 1 aliphatic rings. The molecule has 0 unspecified atom stereocenters. The number of nitrogen functional groups attached to an aromatic ring is 1. The lowest BCUT2D eigenvalue weighted by Gasteiger charge is -2.15. The number of nitrogens with one attached hydrogen (secondary N) is 3. The second-order valence-electron chi connectivity index (χ2n) is 9.10. The van der Waals surface area contributed by atoms with Crippen LogP contribution in [0.15, 0.2) is 60.7 Å². The number of halogens is 3. The maximum absolute atomic E-state index is 12.9. The molecule has 8 nitrogen and oxygen atoms in total. The van der Waals surface area contributed by atoms with Gasteiger partial charge in [0.1, 0.15) is 17.9 Å². The molecule has 0 saturated carbocycles. The Bertz CT molecular complexity index is 1430. The highest BCUT2D eigenvalue weighted by Gasteiger charge is 2.30. The first-order valence-corrected chi connectivity index (χ1v) is 12.3. The molecule has 5 rings (SSSR count). The normalized spacial score (nSPS) is 14.1. The average Bonchev–Trinajstić information content (AvgIpc) is 3.55. The number of aromatic nitrogens is 2. The lowest BCUT2D eigenvalue weighted by Crippen LogP contribution is -2.25. The molecule has 0 spiro atoms. The van der Waals surface area contributed by atoms with Gasteiger partial charge >= 0.3 is 12.2 Å². The molecule has 0 radical (unpaired) electrons. The molecular weight excluding hydrogens is 497 g/mol. The van der Waals surface area contributed by atoms with Crippen LogP contribution in [-0.2, 0) is 6.18 Å². The highest BCUT2D eigenvalue weighted by atomic mass is 19.4. The molecule has 2 heterocycles. The standard InChI is InChI=1S/C27H27F3N6O2/c28-27(29,30)18-4-3-5-20(16-18)33-26(37)32-19-8-6-17(7-9-19)21-10-11-22(24-23(21)25(31)35-34-24)38-15-14-36-12-1-2-13-36/h3-11,16H,1-2,12-15H2,(H3,31,34,35)(H2,32,33,37). The van der Waals surface area contributed by atoms with Crippen LogP contribution in [-0.4, -0.2) is 47.4 Å². The Morgan fingerprint density at radius 3 is 2.50 bits per heavy atom. The summed E-state index contributed by atoms with van der Waals surface area (Å²) in [6.07, 6.45) is -2.04. The predicted molar refractivity (Wildman–Crippen MR) is 141 cm³/mol. The van der Waals surface area contributed by atoms with Crippen LogP contribution in [0.1, 0.15) is 18.4 Å². The van der Waals surface area contributed by atoms with Crippen molar-refractivity contribution in [3.05, 3.63) is 66.2 Å². The molecule has 0 atom stereocenters. The van der Waals surface area contributed by atoms with Gasteiger partial charge in [-0.15, -0.1) is 0 Å². The summed E-state index contributed by atoms with van der Waals surface area (Å²) < 4.78 is 44.8. The summed E-state index contributed by atoms with van der Waals surface area (Å²) in [4.78, 5) is 14.7. The number of likely N-dealkylation sites (tertiary alicyclic amines) is 1. The van der Waals surface area contributed by atoms with Gasteiger partial charge in [-0.05, 0) is 79.5 Å². The van der Waals surface area contributed by atoms with Crippen LogP contribution in [0.3, 0.4) is 0 Å². The van der Waals surface area contributed by atoms with Crippen molar-refractivity contribution in [3.63, 3.8) is 0 Å². The van der Waals surface area contributed by atoms with Crippen molar-refractivity contribution in [2.24, 2.45) is 0 Å². The van der Waals surface area contributed by atoms with E-state index in [2.05, 4.69) is 25.7 Å². The van der Waals surface area contributed by atoms with Gasteiger partial charge in [-0.25, -0.2) is 4.79 Å². The van der Waals surface area contributed by atoms with Crippen LogP contribution in [0.25, 0.3) is 22.0 Å². The second-order valence-corrected chi connectivity index (χ2v) is 9.10. The fraction of sp³-hybridized carbons (Fsp3) is 0.259. The summed E-state index contributed by atoms with van der Waals surface area (Å²) in [5.74, 6) is 1.03. The molecule has 0 bridgehead atoms. The van der Waals surface area contributed by atoms with Gasteiger partial charge in [0, 0.05) is 17.9 Å². The number of hydrogen-bond acceptors (Lipinski definition) is 5. The Morgan fingerprint density at radius 2 is 1.76 bits per heavy atom. The molecule has 198 valence electrons. The van der Waals surface area contributed by atoms with Crippen molar-refractivity contribution < 1.29 is 22.7 Å². The average molecular weight is 525 g/mol. The Morgan fingerprint density at radius 1 is 1.03 bits per heavy atom. The van der Waals surface area contributed by atoms with E-state index in [1.165, 1.54) is 25.0 Å². The lowest BCUT2D eigenvalue weighted by molar-refractivity contribution is -0.137. The van der Waals surface area contributed by atoms with Crippen LogP contribution < -0.4 is 21.1 Å². The van der Waals surface area contributed by atoms with Crippen molar-refractivity contribution in [2.45, 2.75) is 19.0 Å². The number of hydrogen-bond donors (Lipinski definition) is 4. The van der Waals surface area contributed by atoms with E-state index in [1.54, 1.807) is 12.1 Å². The number of amides is 2. The number of carbonyl (C=O) groups is 1. The number of carbonyl (C=O) groups excluding carboxylic acids is 1. The summed E-state index contributed by atoms with van der Waals surface area (Å²) in [7, 11) is 0.